The number of carbonyl (C=O) groups excluding carboxylic acids is 1. The van der Waals surface area contributed by atoms with Gasteiger partial charge in [0.25, 0.3) is 5.56 Å². The van der Waals surface area contributed by atoms with Crippen LogP contribution in [0.2, 0.25) is 0 Å². The van der Waals surface area contributed by atoms with E-state index >= 15 is 0 Å². The van der Waals surface area contributed by atoms with E-state index in [-0.39, 0.29) is 17.9 Å². The largest absolute Gasteiger partial charge is 0.496 e. The van der Waals surface area contributed by atoms with E-state index in [2.05, 4.69) is 5.32 Å². The van der Waals surface area contributed by atoms with Gasteiger partial charge in [-0.15, -0.1) is 0 Å². The minimum Gasteiger partial charge on any atom is -0.496 e. The highest BCUT2D eigenvalue weighted by atomic mass is 16.5. The summed E-state index contributed by atoms with van der Waals surface area (Å²) in [6.45, 7) is 2.01. The summed E-state index contributed by atoms with van der Waals surface area (Å²) in [6.07, 6.45) is -0.126. The normalized spacial score (nSPS) is 10.8. The third kappa shape index (κ3) is 4.57. The zero-order valence-electron chi connectivity index (χ0n) is 20.5. The van der Waals surface area contributed by atoms with Gasteiger partial charge in [-0.25, -0.2) is 0 Å². The third-order valence-corrected chi connectivity index (χ3v) is 6.03. The predicted octanol–water partition coefficient (Wildman–Crippen LogP) is 4.72. The third-order valence-electron chi connectivity index (χ3n) is 6.03. The first-order chi connectivity index (χ1) is 16.9. The van der Waals surface area contributed by atoms with Gasteiger partial charge in [0, 0.05) is 35.7 Å². The molecule has 0 unspecified atom stereocenters. The molecular weight excluding hydrogens is 444 g/mol. The summed E-state index contributed by atoms with van der Waals surface area (Å²) in [5.41, 5.74) is 4.08. The Morgan fingerprint density at radius 3 is 2.17 bits per heavy atom. The molecule has 4 aromatic rings. The number of aryl methyl sites for hydroxylation is 2. The zero-order valence-corrected chi connectivity index (χ0v) is 20.5. The molecular formula is C28H28N2O5. The van der Waals surface area contributed by atoms with Crippen LogP contribution in [0.25, 0.3) is 22.0 Å². The van der Waals surface area contributed by atoms with E-state index in [1.54, 1.807) is 23.7 Å². The second-order valence-electron chi connectivity index (χ2n) is 8.24. The maximum atomic E-state index is 13.5. The van der Waals surface area contributed by atoms with Gasteiger partial charge in [0.05, 0.1) is 33.3 Å². The summed E-state index contributed by atoms with van der Waals surface area (Å²) in [5, 5.41) is 3.79. The molecule has 7 nitrogen and oxygen atoms in total. The summed E-state index contributed by atoms with van der Waals surface area (Å²) in [6, 6.07) is 19.0. The smallest absolute Gasteiger partial charge is 0.255 e. The number of anilines is 1. The SMILES string of the molecule is COc1cc(OC)c(NC(=O)Cc2c(-c3ccccc3)c3cc(C)ccc3n(C)c2=O)c(OC)c1. The van der Waals surface area contributed by atoms with Crippen LogP contribution in [-0.4, -0.2) is 31.8 Å². The van der Waals surface area contributed by atoms with Crippen molar-refractivity contribution < 1.29 is 19.0 Å². The van der Waals surface area contributed by atoms with Gasteiger partial charge in [-0.05, 0) is 24.6 Å². The van der Waals surface area contributed by atoms with Crippen molar-refractivity contribution in [2.24, 2.45) is 7.05 Å². The fourth-order valence-corrected chi connectivity index (χ4v) is 4.30. The molecule has 7 heteroatoms. The van der Waals surface area contributed by atoms with Crippen LogP contribution >= 0.6 is 0 Å². The lowest BCUT2D eigenvalue weighted by Crippen LogP contribution is -2.27. The van der Waals surface area contributed by atoms with Crippen LogP contribution in [0.4, 0.5) is 5.69 Å². The van der Waals surface area contributed by atoms with E-state index in [4.69, 9.17) is 14.2 Å². The first kappa shape index (κ1) is 23.9. The Morgan fingerprint density at radius 1 is 0.914 bits per heavy atom. The van der Waals surface area contributed by atoms with Gasteiger partial charge < -0.3 is 24.1 Å². The highest BCUT2D eigenvalue weighted by Gasteiger charge is 2.22. The van der Waals surface area contributed by atoms with Crippen molar-refractivity contribution in [1.29, 1.82) is 0 Å². The van der Waals surface area contributed by atoms with Gasteiger partial charge in [0.15, 0.2) is 0 Å². The second-order valence-corrected chi connectivity index (χ2v) is 8.24. The number of rotatable bonds is 7. The molecule has 4 rings (SSSR count). The molecule has 35 heavy (non-hydrogen) atoms. The lowest BCUT2D eigenvalue weighted by molar-refractivity contribution is -0.115. The molecule has 0 spiro atoms. The fourth-order valence-electron chi connectivity index (χ4n) is 4.30. The molecule has 0 fully saturated rings. The van der Waals surface area contributed by atoms with Crippen LogP contribution in [0.3, 0.4) is 0 Å². The minimum atomic E-state index is -0.368. The molecule has 0 saturated heterocycles. The molecule has 180 valence electrons. The number of benzene rings is 3. The molecule has 1 N–H and O–H groups in total. The number of amides is 1. The van der Waals surface area contributed by atoms with Crippen molar-refractivity contribution >= 4 is 22.5 Å². The average Bonchev–Trinajstić information content (AvgIpc) is 2.87. The number of pyridine rings is 1. The van der Waals surface area contributed by atoms with Crippen LogP contribution in [0.15, 0.2) is 65.5 Å². The van der Waals surface area contributed by atoms with Crippen LogP contribution in [0, 0.1) is 6.92 Å². The van der Waals surface area contributed by atoms with E-state index in [1.807, 2.05) is 55.5 Å². The number of hydrogen-bond donors (Lipinski definition) is 1. The van der Waals surface area contributed by atoms with E-state index in [1.165, 1.54) is 21.3 Å². The number of fused-ring (bicyclic) bond motifs is 1. The average molecular weight is 473 g/mol. The molecule has 0 aliphatic heterocycles. The molecule has 0 aliphatic rings. The Kier molecular flexibility index (Phi) is 6.78. The standard InChI is InChI=1S/C28H28N2O5/c1-17-11-12-22-20(13-17)26(18-9-7-6-8-10-18)21(28(32)30(22)2)16-25(31)29-27-23(34-4)14-19(33-3)15-24(27)35-5/h6-15H,16H2,1-5H3,(H,29,31). The lowest BCUT2D eigenvalue weighted by atomic mass is 9.93. The van der Waals surface area contributed by atoms with Crippen molar-refractivity contribution in [1.82, 2.24) is 4.57 Å². The second kappa shape index (κ2) is 9.93. The summed E-state index contributed by atoms with van der Waals surface area (Å²) in [4.78, 5) is 26.8. The molecule has 1 aromatic heterocycles. The zero-order chi connectivity index (χ0) is 25.1. The van der Waals surface area contributed by atoms with E-state index in [9.17, 15) is 9.59 Å². The molecule has 1 amide bonds. The van der Waals surface area contributed by atoms with Gasteiger partial charge in [-0.1, -0.05) is 42.0 Å². The molecule has 1 heterocycles. The van der Waals surface area contributed by atoms with Crippen molar-refractivity contribution in [3.8, 4) is 28.4 Å². The van der Waals surface area contributed by atoms with Crippen LogP contribution < -0.4 is 25.1 Å². The minimum absolute atomic E-state index is 0.126. The molecule has 0 atom stereocenters. The summed E-state index contributed by atoms with van der Waals surface area (Å²) in [5.74, 6) is 0.939. The monoisotopic (exact) mass is 472 g/mol. The molecule has 0 bridgehead atoms. The quantitative estimate of drug-likeness (QED) is 0.421. The first-order valence-corrected chi connectivity index (χ1v) is 11.2. The Bertz CT molecular complexity index is 1430. The number of aromatic nitrogens is 1. The van der Waals surface area contributed by atoms with Gasteiger partial charge in [0.1, 0.15) is 22.9 Å². The number of hydrogen-bond acceptors (Lipinski definition) is 5. The van der Waals surface area contributed by atoms with E-state index in [0.29, 0.717) is 28.5 Å². The van der Waals surface area contributed by atoms with E-state index < -0.39 is 0 Å². The predicted molar refractivity (Wildman–Crippen MR) is 138 cm³/mol. The number of nitrogens with zero attached hydrogens (tertiary/aromatic N) is 1. The fraction of sp³-hybridized carbons (Fsp3) is 0.214. The molecule has 3 aromatic carbocycles. The topological polar surface area (TPSA) is 78.8 Å². The summed E-state index contributed by atoms with van der Waals surface area (Å²) < 4.78 is 17.8. The Balaban J connectivity index is 1.84. The van der Waals surface area contributed by atoms with Crippen molar-refractivity contribution in [3.63, 3.8) is 0 Å². The Morgan fingerprint density at radius 2 is 1.57 bits per heavy atom. The summed E-state index contributed by atoms with van der Waals surface area (Å²) in [7, 11) is 6.26. The molecule has 0 aliphatic carbocycles. The first-order valence-electron chi connectivity index (χ1n) is 11.2. The Labute approximate surface area is 203 Å². The number of nitrogens with one attached hydrogen (secondary N) is 1. The maximum Gasteiger partial charge on any atom is 0.255 e. The highest BCUT2D eigenvalue weighted by molar-refractivity contribution is 6.01. The van der Waals surface area contributed by atoms with Gasteiger partial charge >= 0.3 is 0 Å². The lowest BCUT2D eigenvalue weighted by Gasteiger charge is -2.18. The van der Waals surface area contributed by atoms with Gasteiger partial charge in [0.2, 0.25) is 5.91 Å². The number of methoxy groups -OCH3 is 3. The van der Waals surface area contributed by atoms with Crippen LogP contribution in [-0.2, 0) is 18.3 Å². The van der Waals surface area contributed by atoms with Crippen molar-refractivity contribution in [2.45, 2.75) is 13.3 Å². The van der Waals surface area contributed by atoms with Gasteiger partial charge in [-0.3, -0.25) is 9.59 Å². The van der Waals surface area contributed by atoms with Crippen LogP contribution in [0.1, 0.15) is 11.1 Å². The number of ether oxygens (including phenoxy) is 3. The Hall–Kier alpha value is -4.26. The highest BCUT2D eigenvalue weighted by Crippen LogP contribution is 2.39. The molecule has 0 radical (unpaired) electrons. The van der Waals surface area contributed by atoms with Crippen molar-refractivity contribution in [3.05, 3.63) is 82.1 Å². The number of carbonyl (C=O) groups is 1. The summed E-state index contributed by atoms with van der Waals surface area (Å²) >= 11 is 0. The van der Waals surface area contributed by atoms with Crippen LogP contribution in [0.5, 0.6) is 17.2 Å². The van der Waals surface area contributed by atoms with E-state index in [0.717, 1.165) is 27.6 Å². The van der Waals surface area contributed by atoms with Crippen molar-refractivity contribution in [2.75, 3.05) is 26.6 Å². The molecule has 0 saturated carbocycles. The van der Waals surface area contributed by atoms with Gasteiger partial charge in [-0.2, -0.15) is 0 Å². The maximum absolute atomic E-state index is 13.5.